The van der Waals surface area contributed by atoms with E-state index in [0.717, 1.165) is 95.6 Å². The minimum absolute atomic E-state index is 0. The molecule has 0 aliphatic rings. The fourth-order valence-corrected chi connectivity index (χ4v) is 12.3. The average molecular weight is 2290 g/mol. The Morgan fingerprint density at radius 2 is 0.771 bits per heavy atom. The van der Waals surface area contributed by atoms with Crippen molar-refractivity contribution >= 4 is 0 Å². The van der Waals surface area contributed by atoms with Crippen LogP contribution in [0.2, 0.25) is 0 Å². The van der Waals surface area contributed by atoms with E-state index in [0.29, 0.717) is 0 Å². The van der Waals surface area contributed by atoms with Crippen molar-refractivity contribution in [1.29, 1.82) is 0 Å². The summed E-state index contributed by atoms with van der Waals surface area (Å²) in [6.07, 6.45) is 8.62. The minimum Gasteiger partial charge on any atom is -0.289 e. The number of hydrogen-bond acceptors (Lipinski definition) is 8. The van der Waals surface area contributed by atoms with Crippen LogP contribution in [-0.2, 0) is 147 Å². The van der Waals surface area contributed by atoms with Crippen molar-refractivity contribution in [3.8, 4) is 101 Å². The van der Waals surface area contributed by atoms with E-state index in [1.165, 1.54) is 62.2 Å². The van der Waals surface area contributed by atoms with Crippen LogP contribution in [0.3, 0.4) is 0 Å². The summed E-state index contributed by atoms with van der Waals surface area (Å²) in [4.78, 5) is 13.0. The molecule has 5 heterocycles. The molecule has 9 aromatic carbocycles. The van der Waals surface area contributed by atoms with Crippen molar-refractivity contribution in [1.82, 2.24) is 63.9 Å². The Bertz CT molecular complexity index is 5070. The maximum Gasteiger partial charge on any atom is 0.127 e. The second kappa shape index (κ2) is 39.0. The molecule has 0 atom stereocenters. The normalized spacial score (nSPS) is 10.6. The van der Waals surface area contributed by atoms with Crippen molar-refractivity contribution in [3.05, 3.63) is 288 Å². The maximum absolute atomic E-state index is 13.9. The third-order valence-corrected chi connectivity index (χ3v) is 17.0. The number of benzene rings is 9. The molecule has 13 nitrogen and oxygen atoms in total. The summed E-state index contributed by atoms with van der Waals surface area (Å²) >= 11 is 0. The summed E-state index contributed by atoms with van der Waals surface area (Å²) < 4.78 is 36.1. The molecule has 553 valence electrons. The summed E-state index contributed by atoms with van der Waals surface area (Å²) in [7, 11) is 9.47. The topological polar surface area (TPSA) is 128 Å². The van der Waals surface area contributed by atoms with Gasteiger partial charge in [-0.1, -0.05) is 205 Å². The standard InChI is InChI=1S/C22H24FN2.2C17H16N3.C15H12N3.C14H16FN2.5Ir/c1-14-8-7-9-15(2)20(14)18-13-25(6)24-21(18)17-11-10-16(23)12-19(17)22(3,4)5;1-12-7-6-8-13(2)16(12)14-9-4-5-10-15(14)17-18-11-19-20(17)3;1-12-8-13(2)10-14(9-12)15-6-4-5-7-16(15)17-18-11-19-20(17)3;1-18-15(16-11-17-18)14-10-6-5-9-13(14)12-7-3-2-4-8-12;1-14(2,3)12-9-10(15)5-6-11(12)13-7-8-17(4)16-13;;;;;/h7-10,12-13H,1-6H3;4-9,11H,1-3H3;4-6,8-11H,1-3H3;2-9,11H,1H3;5,7-9H,1-4H3;;;;;/q5*-1;;;;;. The van der Waals surface area contributed by atoms with Gasteiger partial charge >= 0.3 is 0 Å². The van der Waals surface area contributed by atoms with Gasteiger partial charge in [0, 0.05) is 171 Å². The molecule has 0 aliphatic carbocycles. The monoisotopic (exact) mass is 2290 g/mol. The van der Waals surface area contributed by atoms with E-state index in [4.69, 9.17) is 5.10 Å². The van der Waals surface area contributed by atoms with Gasteiger partial charge in [0.25, 0.3) is 0 Å². The first-order chi connectivity index (χ1) is 47.7. The van der Waals surface area contributed by atoms with Crippen molar-refractivity contribution in [2.24, 2.45) is 35.2 Å². The van der Waals surface area contributed by atoms with Crippen LogP contribution in [0.25, 0.3) is 101 Å². The second-order valence-corrected chi connectivity index (χ2v) is 26.9. The van der Waals surface area contributed by atoms with Crippen molar-refractivity contribution in [2.45, 2.75) is 93.9 Å². The molecule has 0 spiro atoms. The van der Waals surface area contributed by atoms with Gasteiger partial charge in [0.05, 0.1) is 17.5 Å². The zero-order valence-corrected chi connectivity index (χ0v) is 73.8. The average Bonchev–Trinajstić information content (AvgIpc) is 1.64. The first kappa shape index (κ1) is 87.6. The number of aromatic nitrogens is 13. The molecule has 0 bridgehead atoms. The van der Waals surface area contributed by atoms with Crippen LogP contribution in [0, 0.1) is 83.5 Å². The molecule has 0 saturated carbocycles. The smallest absolute Gasteiger partial charge is 0.127 e. The molecule has 0 saturated heterocycles. The molecule has 105 heavy (non-hydrogen) atoms. The van der Waals surface area contributed by atoms with Gasteiger partial charge in [-0.25, -0.2) is 10.2 Å². The molecule has 0 aliphatic heterocycles. The molecular formula is C85H84F2Ir5N13-5. The Kier molecular flexibility index (Phi) is 32.5. The SMILES string of the molecule is Cc1cc(C)cc(-c2ccc[c-]c2-c2ncnn2C)c1.Cc1cccc(C)c1-c1ccc[c-]c1-c1ncnn1C.Cc1cccc(C)c1-c1cn(C)nc1-c1[c-]cc(F)cc1C(C)(C)C.Cn1ccc(-c2[c-]cc(F)cc2C(C)(C)C)n1.Cn1ncnc1-c1[c-]cccc1-c1ccccc1.[Ir].[Ir].[Ir].[Ir].[Ir]. The maximum atomic E-state index is 13.9. The van der Waals surface area contributed by atoms with E-state index in [2.05, 4.69) is 234 Å². The Morgan fingerprint density at radius 1 is 0.371 bits per heavy atom. The molecule has 5 aromatic heterocycles. The van der Waals surface area contributed by atoms with Crippen LogP contribution in [0.1, 0.15) is 86.1 Å². The Balaban J connectivity index is 0.000000234. The quantitative estimate of drug-likeness (QED) is 0.131. The van der Waals surface area contributed by atoms with E-state index < -0.39 is 0 Å². The number of aryl methyl sites for hydroxylation is 11. The number of nitrogens with zero attached hydrogens (tertiary/aromatic N) is 13. The third-order valence-electron chi connectivity index (χ3n) is 17.0. The van der Waals surface area contributed by atoms with Crippen molar-refractivity contribution in [3.63, 3.8) is 0 Å². The second-order valence-electron chi connectivity index (χ2n) is 26.9. The Morgan fingerprint density at radius 3 is 1.18 bits per heavy atom. The predicted octanol–water partition coefficient (Wildman–Crippen LogP) is 19.0. The minimum atomic E-state index is -0.266. The molecule has 14 rings (SSSR count). The first-order valence-corrected chi connectivity index (χ1v) is 33.1. The van der Waals surface area contributed by atoms with E-state index >= 15 is 0 Å². The molecule has 0 amide bonds. The zero-order chi connectivity index (χ0) is 71.6. The van der Waals surface area contributed by atoms with Gasteiger partial charge in [-0.3, -0.25) is 47.1 Å². The van der Waals surface area contributed by atoms with Crippen LogP contribution in [-0.4, -0.2) is 63.9 Å². The van der Waals surface area contributed by atoms with E-state index in [1.54, 1.807) is 49.8 Å². The molecule has 20 heteroatoms. The molecule has 0 fully saturated rings. The molecule has 0 N–H and O–H groups in total. The van der Waals surface area contributed by atoms with Gasteiger partial charge in [-0.15, -0.1) is 131 Å². The molecule has 14 aromatic rings. The summed E-state index contributed by atoms with van der Waals surface area (Å²) in [6, 6.07) is 71.3. The van der Waals surface area contributed by atoms with Crippen LogP contribution >= 0.6 is 0 Å². The molecular weight excluding hydrogens is 2200 g/mol. The summed E-state index contributed by atoms with van der Waals surface area (Å²) in [5, 5.41) is 21.5. The van der Waals surface area contributed by atoms with Crippen molar-refractivity contribution < 1.29 is 109 Å². The molecule has 0 unspecified atom stereocenters. The van der Waals surface area contributed by atoms with Gasteiger partial charge in [-0.05, 0) is 74.6 Å². The third kappa shape index (κ3) is 21.6. The van der Waals surface area contributed by atoms with Crippen LogP contribution < -0.4 is 0 Å². The van der Waals surface area contributed by atoms with E-state index in [9.17, 15) is 8.78 Å². The van der Waals surface area contributed by atoms with Gasteiger partial charge < -0.3 is 0 Å². The van der Waals surface area contributed by atoms with Crippen molar-refractivity contribution in [2.75, 3.05) is 0 Å². The fraction of sp³-hybridized carbons (Fsp3) is 0.224. The van der Waals surface area contributed by atoms with Crippen LogP contribution in [0.5, 0.6) is 0 Å². The zero-order valence-electron chi connectivity index (χ0n) is 61.8. The van der Waals surface area contributed by atoms with Crippen LogP contribution in [0.15, 0.2) is 201 Å². The summed E-state index contributed by atoms with van der Waals surface area (Å²) in [5.41, 5.74) is 24.6. The fourth-order valence-electron chi connectivity index (χ4n) is 12.3. The van der Waals surface area contributed by atoms with Crippen LogP contribution in [0.4, 0.5) is 8.78 Å². The number of hydrogen-bond donors (Lipinski definition) is 0. The van der Waals surface area contributed by atoms with Gasteiger partial charge in [0.2, 0.25) is 0 Å². The largest absolute Gasteiger partial charge is 0.289 e. The van der Waals surface area contributed by atoms with Gasteiger partial charge in [0.15, 0.2) is 0 Å². The Hall–Kier alpha value is -8.07. The van der Waals surface area contributed by atoms with E-state index in [-0.39, 0.29) is 123 Å². The summed E-state index contributed by atoms with van der Waals surface area (Å²) in [5.74, 6) is 1.98. The summed E-state index contributed by atoms with van der Waals surface area (Å²) in [6.45, 7) is 25.1. The van der Waals surface area contributed by atoms with Gasteiger partial charge in [-0.2, -0.15) is 15.3 Å². The number of halogens is 2. The predicted molar refractivity (Wildman–Crippen MR) is 398 cm³/mol. The molecule has 5 radical (unpaired) electrons. The number of rotatable bonds is 9. The van der Waals surface area contributed by atoms with Gasteiger partial charge in [0.1, 0.15) is 19.0 Å². The first-order valence-electron chi connectivity index (χ1n) is 33.1. The Labute approximate surface area is 685 Å². The van der Waals surface area contributed by atoms with E-state index in [1.807, 2.05) is 113 Å².